The lowest BCUT2D eigenvalue weighted by Gasteiger charge is -2.51. The second-order valence-electron chi connectivity index (χ2n) is 14.6. The number of halogens is 3. The normalized spacial score (nSPS) is 26.0. The van der Waals surface area contributed by atoms with Gasteiger partial charge >= 0.3 is 0 Å². The van der Waals surface area contributed by atoms with Gasteiger partial charge in [0.05, 0.1) is 39.1 Å². The van der Waals surface area contributed by atoms with Crippen LogP contribution in [0.1, 0.15) is 45.4 Å². The van der Waals surface area contributed by atoms with Crippen LogP contribution in [0.2, 0.25) is 0 Å². The van der Waals surface area contributed by atoms with Crippen LogP contribution in [0, 0.1) is 17.5 Å². The highest BCUT2D eigenvalue weighted by molar-refractivity contribution is 7.92. The number of thiazole rings is 1. The molecule has 8 rings (SSSR count). The van der Waals surface area contributed by atoms with Crippen LogP contribution >= 0.6 is 11.3 Å². The minimum Gasteiger partial charge on any atom is -0.390 e. The monoisotopic (exact) mass is 789 g/mol. The fourth-order valence-corrected chi connectivity index (χ4v) is 11.9. The number of sulfone groups is 1. The van der Waals surface area contributed by atoms with Gasteiger partial charge in [0, 0.05) is 49.0 Å². The van der Waals surface area contributed by atoms with E-state index in [-0.39, 0.29) is 46.8 Å². The number of likely N-dealkylation sites (tertiary alicyclic amines) is 1. The summed E-state index contributed by atoms with van der Waals surface area (Å²) >= 11 is 1.33. The largest absolute Gasteiger partial charge is 0.390 e. The lowest BCUT2D eigenvalue weighted by atomic mass is 9.76. The molecule has 2 atom stereocenters. The number of sulfonamides is 1. The first-order chi connectivity index (χ1) is 25.2. The van der Waals surface area contributed by atoms with Crippen molar-refractivity contribution in [2.24, 2.45) is 0 Å². The highest BCUT2D eigenvalue weighted by Crippen LogP contribution is 2.47. The minimum atomic E-state index is -4.87. The van der Waals surface area contributed by atoms with Crippen LogP contribution in [0.5, 0.6) is 0 Å². The molecule has 3 saturated heterocycles. The molecule has 0 spiro atoms. The molecule has 4 aliphatic rings. The van der Waals surface area contributed by atoms with Gasteiger partial charge in [0.25, 0.3) is 10.0 Å². The highest BCUT2D eigenvalue weighted by atomic mass is 32.2. The van der Waals surface area contributed by atoms with Crippen molar-refractivity contribution >= 4 is 48.0 Å². The average Bonchev–Trinajstić information content (AvgIpc) is 3.63. The van der Waals surface area contributed by atoms with Crippen molar-refractivity contribution in [2.75, 3.05) is 39.5 Å². The van der Waals surface area contributed by atoms with E-state index < -0.39 is 53.5 Å². The summed E-state index contributed by atoms with van der Waals surface area (Å²) < 4.78 is 97.8. The molecule has 4 aromatic rings. The topological polar surface area (TPSA) is 158 Å². The standard InChI is InChI=1S/C35H38F3N7O5S3/c1-35(46)16-23(17-35)44-18-21-8-9-22(19-44)45(21)34-42-30(31(51-34)28-10-13-39-33(41-28)40-20-11-14-52(47,48)15-12-20)24-4-2-7-27(29(24)38)43-53(49,50)32-25(36)5-3-6-26(32)37/h2-7,10,13,20-23,43,46H,8-9,11-12,14-19H2,1H3,(H,39,40,41). The zero-order valence-corrected chi connectivity index (χ0v) is 31.1. The zero-order chi connectivity index (χ0) is 37.3. The lowest BCUT2D eigenvalue weighted by molar-refractivity contribution is -0.0820. The molecule has 53 heavy (non-hydrogen) atoms. The third kappa shape index (κ3) is 7.11. The third-order valence-electron chi connectivity index (χ3n) is 10.7. The van der Waals surface area contributed by atoms with Gasteiger partial charge in [0.2, 0.25) is 5.95 Å². The Morgan fingerprint density at radius 1 is 0.925 bits per heavy atom. The third-order valence-corrected chi connectivity index (χ3v) is 14.9. The van der Waals surface area contributed by atoms with Crippen molar-refractivity contribution in [3.05, 3.63) is 66.1 Å². The Morgan fingerprint density at radius 3 is 2.25 bits per heavy atom. The maximum atomic E-state index is 16.5. The molecule has 2 bridgehead atoms. The summed E-state index contributed by atoms with van der Waals surface area (Å²) in [5.41, 5.74) is -0.592. The molecule has 3 aliphatic heterocycles. The van der Waals surface area contributed by atoms with Crippen LogP contribution in [0.4, 0.5) is 29.9 Å². The van der Waals surface area contributed by atoms with Crippen molar-refractivity contribution in [1.29, 1.82) is 0 Å². The number of benzene rings is 2. The van der Waals surface area contributed by atoms with E-state index in [9.17, 15) is 30.7 Å². The first-order valence-corrected chi connectivity index (χ1v) is 21.6. The number of hydrogen-bond donors (Lipinski definition) is 3. The zero-order valence-electron chi connectivity index (χ0n) is 28.7. The Kier molecular flexibility index (Phi) is 9.19. The molecule has 0 amide bonds. The molecule has 0 radical (unpaired) electrons. The predicted octanol–water partition coefficient (Wildman–Crippen LogP) is 5.04. The van der Waals surface area contributed by atoms with E-state index in [1.54, 1.807) is 12.3 Å². The van der Waals surface area contributed by atoms with E-state index in [0.29, 0.717) is 34.6 Å². The van der Waals surface area contributed by atoms with E-state index in [1.165, 1.54) is 23.5 Å². The van der Waals surface area contributed by atoms with Crippen molar-refractivity contribution in [3.63, 3.8) is 0 Å². The molecular weight excluding hydrogens is 752 g/mol. The molecule has 2 aromatic heterocycles. The molecule has 5 heterocycles. The number of fused-ring (bicyclic) bond motifs is 2. The van der Waals surface area contributed by atoms with Crippen molar-refractivity contribution in [2.45, 2.75) is 80.1 Å². The Hall–Kier alpha value is -3.84. The van der Waals surface area contributed by atoms with Gasteiger partial charge < -0.3 is 15.3 Å². The summed E-state index contributed by atoms with van der Waals surface area (Å²) in [7, 11) is -7.95. The summed E-state index contributed by atoms with van der Waals surface area (Å²) in [5, 5.41) is 14.3. The Morgan fingerprint density at radius 2 is 1.58 bits per heavy atom. The van der Waals surface area contributed by atoms with Gasteiger partial charge in [-0.15, -0.1) is 0 Å². The number of anilines is 3. The van der Waals surface area contributed by atoms with Gasteiger partial charge in [-0.2, -0.15) is 0 Å². The second-order valence-corrected chi connectivity index (χ2v) is 19.5. The van der Waals surface area contributed by atoms with Crippen LogP contribution in [-0.4, -0.2) is 96.2 Å². The SMILES string of the molecule is CC1(O)CC(N2CC3CCC(C2)N3c2nc(-c3cccc(NS(=O)(=O)c4c(F)cccc4F)c3F)c(-c3ccnc(NC4CCS(=O)(=O)CC4)n3)s2)C1. The number of nitrogens with one attached hydrogen (secondary N) is 2. The Labute approximate surface area is 309 Å². The fourth-order valence-electron chi connectivity index (χ4n) is 8.04. The van der Waals surface area contributed by atoms with E-state index >= 15 is 4.39 Å². The fraction of sp³-hybridized carbons (Fsp3) is 0.457. The molecule has 4 fully saturated rings. The molecule has 1 saturated carbocycles. The average molecular weight is 790 g/mol. The highest BCUT2D eigenvalue weighted by Gasteiger charge is 2.48. The van der Waals surface area contributed by atoms with E-state index in [1.807, 2.05) is 11.6 Å². The van der Waals surface area contributed by atoms with Gasteiger partial charge in [-0.25, -0.2) is 45.0 Å². The summed E-state index contributed by atoms with van der Waals surface area (Å²) in [6, 6.07) is 8.77. The summed E-state index contributed by atoms with van der Waals surface area (Å²) in [4.78, 5) is 18.1. The Balaban J connectivity index is 1.15. The summed E-state index contributed by atoms with van der Waals surface area (Å²) in [6.45, 7) is 3.44. The summed E-state index contributed by atoms with van der Waals surface area (Å²) in [6.07, 6.45) is 5.68. The quantitative estimate of drug-likeness (QED) is 0.209. The number of aliphatic hydroxyl groups is 1. The van der Waals surface area contributed by atoms with Gasteiger partial charge in [-0.1, -0.05) is 23.5 Å². The van der Waals surface area contributed by atoms with Gasteiger partial charge in [0.15, 0.2) is 15.8 Å². The van der Waals surface area contributed by atoms with Crippen LogP contribution in [-0.2, 0) is 19.9 Å². The smallest absolute Gasteiger partial charge is 0.267 e. The number of nitrogens with zero attached hydrogens (tertiary/aromatic N) is 5. The summed E-state index contributed by atoms with van der Waals surface area (Å²) in [5.74, 6) is -3.24. The number of piperazine rings is 1. The van der Waals surface area contributed by atoms with Crippen molar-refractivity contribution in [1.82, 2.24) is 19.9 Å². The van der Waals surface area contributed by atoms with Gasteiger partial charge in [-0.05, 0) is 75.8 Å². The molecule has 2 aromatic carbocycles. The predicted molar refractivity (Wildman–Crippen MR) is 196 cm³/mol. The van der Waals surface area contributed by atoms with Gasteiger partial charge in [-0.3, -0.25) is 9.62 Å². The van der Waals surface area contributed by atoms with Crippen LogP contribution in [0.15, 0.2) is 53.6 Å². The lowest BCUT2D eigenvalue weighted by Crippen LogP contribution is -2.62. The molecule has 18 heteroatoms. The number of rotatable bonds is 9. The minimum absolute atomic E-state index is 0.0509. The van der Waals surface area contributed by atoms with Crippen LogP contribution < -0.4 is 14.9 Å². The van der Waals surface area contributed by atoms with Crippen LogP contribution in [0.3, 0.4) is 0 Å². The van der Waals surface area contributed by atoms with E-state index in [2.05, 4.69) is 20.1 Å². The van der Waals surface area contributed by atoms with Crippen LogP contribution in [0.25, 0.3) is 21.8 Å². The number of aromatic nitrogens is 3. The molecule has 12 nitrogen and oxygen atoms in total. The first-order valence-electron chi connectivity index (χ1n) is 17.5. The molecule has 1 aliphatic carbocycles. The Bertz CT molecular complexity index is 2240. The molecular formula is C35H38F3N7O5S3. The van der Waals surface area contributed by atoms with Gasteiger partial charge in [0.1, 0.15) is 21.5 Å². The van der Waals surface area contributed by atoms with E-state index in [4.69, 9.17) is 9.97 Å². The van der Waals surface area contributed by atoms with Crippen molar-refractivity contribution in [3.8, 4) is 21.8 Å². The first kappa shape index (κ1) is 36.2. The van der Waals surface area contributed by atoms with E-state index in [0.717, 1.165) is 63.0 Å². The molecule has 282 valence electrons. The maximum absolute atomic E-state index is 16.5. The maximum Gasteiger partial charge on any atom is 0.267 e. The molecule has 2 unspecified atom stereocenters. The second kappa shape index (κ2) is 13.5. The molecule has 3 N–H and O–H groups in total. The van der Waals surface area contributed by atoms with Crippen molar-refractivity contribution < 1.29 is 35.1 Å². The number of hydrogen-bond acceptors (Lipinski definition) is 12.